The van der Waals surface area contributed by atoms with Crippen molar-refractivity contribution in [1.82, 2.24) is 0 Å². The minimum Gasteiger partial charge on any atom is -0.490 e. The van der Waals surface area contributed by atoms with Crippen LogP contribution in [0.15, 0.2) is 49.1 Å². The standard InChI is InChI=1S/C18H18O5/c1-2-18(19)21-9-8-20-14-6-7-16-13(10-14)4-3-5-17(16)23-12-15-11-22-15/h2-7,10,15H,1,8-9,11-12H2. The first kappa shape index (κ1) is 15.4. The molecule has 1 saturated heterocycles. The summed E-state index contributed by atoms with van der Waals surface area (Å²) in [5.74, 6) is 1.10. The van der Waals surface area contributed by atoms with Gasteiger partial charge in [-0.2, -0.15) is 0 Å². The van der Waals surface area contributed by atoms with Gasteiger partial charge in [0, 0.05) is 11.5 Å². The molecular formula is C18H18O5. The van der Waals surface area contributed by atoms with Crippen LogP contribution in [-0.2, 0) is 14.3 Å². The molecule has 5 heteroatoms. The molecule has 2 aromatic rings. The fourth-order valence-corrected chi connectivity index (χ4v) is 2.16. The zero-order valence-corrected chi connectivity index (χ0v) is 12.7. The fraction of sp³-hybridized carbons (Fsp3) is 0.278. The van der Waals surface area contributed by atoms with E-state index < -0.39 is 5.97 Å². The Balaban J connectivity index is 1.62. The molecule has 1 atom stereocenters. The minimum atomic E-state index is -0.450. The van der Waals surface area contributed by atoms with Crippen molar-refractivity contribution in [3.05, 3.63) is 49.1 Å². The summed E-state index contributed by atoms with van der Waals surface area (Å²) in [7, 11) is 0. The summed E-state index contributed by atoms with van der Waals surface area (Å²) in [6.07, 6.45) is 1.36. The van der Waals surface area contributed by atoms with Crippen molar-refractivity contribution in [2.24, 2.45) is 0 Å². The molecule has 0 aromatic heterocycles. The second-order valence-corrected chi connectivity index (χ2v) is 5.13. The van der Waals surface area contributed by atoms with Gasteiger partial charge in [-0.05, 0) is 29.7 Å². The molecule has 0 radical (unpaired) electrons. The second kappa shape index (κ2) is 7.15. The Kier molecular flexibility index (Phi) is 4.78. The van der Waals surface area contributed by atoms with Crippen molar-refractivity contribution in [3.8, 4) is 11.5 Å². The van der Waals surface area contributed by atoms with Gasteiger partial charge in [-0.1, -0.05) is 18.7 Å². The summed E-state index contributed by atoms with van der Waals surface area (Å²) >= 11 is 0. The van der Waals surface area contributed by atoms with Gasteiger partial charge in [-0.15, -0.1) is 0 Å². The molecule has 0 aliphatic carbocycles. The smallest absolute Gasteiger partial charge is 0.330 e. The van der Waals surface area contributed by atoms with E-state index in [0.29, 0.717) is 13.2 Å². The van der Waals surface area contributed by atoms with E-state index in [1.165, 1.54) is 0 Å². The lowest BCUT2D eigenvalue weighted by atomic mass is 10.1. The van der Waals surface area contributed by atoms with Crippen LogP contribution >= 0.6 is 0 Å². The highest BCUT2D eigenvalue weighted by Crippen LogP contribution is 2.29. The maximum atomic E-state index is 10.9. The van der Waals surface area contributed by atoms with E-state index in [1.807, 2.05) is 36.4 Å². The molecule has 0 spiro atoms. The number of carbonyl (C=O) groups excluding carboxylic acids is 1. The second-order valence-electron chi connectivity index (χ2n) is 5.13. The lowest BCUT2D eigenvalue weighted by Gasteiger charge is -2.10. The van der Waals surface area contributed by atoms with Crippen LogP contribution in [0.3, 0.4) is 0 Å². The monoisotopic (exact) mass is 314 g/mol. The first-order chi connectivity index (χ1) is 11.3. The molecule has 1 aliphatic heterocycles. The molecule has 3 rings (SSSR count). The Hall–Kier alpha value is -2.53. The average Bonchev–Trinajstić information content (AvgIpc) is 3.40. The third-order valence-electron chi connectivity index (χ3n) is 3.40. The molecule has 1 unspecified atom stereocenters. The van der Waals surface area contributed by atoms with Gasteiger partial charge in [-0.25, -0.2) is 4.79 Å². The number of carbonyl (C=O) groups is 1. The van der Waals surface area contributed by atoms with Gasteiger partial charge in [0.05, 0.1) is 6.61 Å². The van der Waals surface area contributed by atoms with E-state index in [4.69, 9.17) is 18.9 Å². The molecule has 120 valence electrons. The number of hydrogen-bond acceptors (Lipinski definition) is 5. The third kappa shape index (κ3) is 4.23. The van der Waals surface area contributed by atoms with Gasteiger partial charge in [0.25, 0.3) is 0 Å². The summed E-state index contributed by atoms with van der Waals surface area (Å²) in [5, 5.41) is 2.05. The summed E-state index contributed by atoms with van der Waals surface area (Å²) in [5.41, 5.74) is 0. The highest BCUT2D eigenvalue weighted by Gasteiger charge is 2.23. The van der Waals surface area contributed by atoms with Crippen molar-refractivity contribution in [1.29, 1.82) is 0 Å². The molecule has 23 heavy (non-hydrogen) atoms. The quantitative estimate of drug-likeness (QED) is 0.324. The Morgan fingerprint density at radius 3 is 2.91 bits per heavy atom. The van der Waals surface area contributed by atoms with E-state index in [2.05, 4.69) is 6.58 Å². The Labute approximate surface area is 134 Å². The van der Waals surface area contributed by atoms with Gasteiger partial charge in [-0.3, -0.25) is 0 Å². The summed E-state index contributed by atoms with van der Waals surface area (Å²) < 4.78 is 21.4. The normalized spacial score (nSPS) is 15.9. The molecule has 1 heterocycles. The van der Waals surface area contributed by atoms with Gasteiger partial charge >= 0.3 is 5.97 Å². The van der Waals surface area contributed by atoms with Crippen LogP contribution in [0.2, 0.25) is 0 Å². The zero-order valence-electron chi connectivity index (χ0n) is 12.7. The van der Waals surface area contributed by atoms with E-state index in [-0.39, 0.29) is 12.7 Å². The van der Waals surface area contributed by atoms with Crippen LogP contribution in [0.1, 0.15) is 0 Å². The van der Waals surface area contributed by atoms with E-state index >= 15 is 0 Å². The number of ether oxygens (including phenoxy) is 4. The average molecular weight is 314 g/mol. The number of esters is 1. The molecule has 1 fully saturated rings. The van der Waals surface area contributed by atoms with Crippen LogP contribution in [0.5, 0.6) is 11.5 Å². The largest absolute Gasteiger partial charge is 0.490 e. The lowest BCUT2D eigenvalue weighted by molar-refractivity contribution is -0.138. The first-order valence-electron chi connectivity index (χ1n) is 7.45. The minimum absolute atomic E-state index is 0.188. The lowest BCUT2D eigenvalue weighted by Crippen LogP contribution is -2.10. The molecule has 0 saturated carbocycles. The highest BCUT2D eigenvalue weighted by atomic mass is 16.6. The van der Waals surface area contributed by atoms with E-state index in [9.17, 15) is 4.79 Å². The summed E-state index contributed by atoms with van der Waals surface area (Å²) in [6.45, 7) is 5.17. The number of epoxide rings is 1. The van der Waals surface area contributed by atoms with Crippen molar-refractivity contribution >= 4 is 16.7 Å². The molecule has 0 bridgehead atoms. The predicted molar refractivity (Wildman–Crippen MR) is 85.8 cm³/mol. The first-order valence-corrected chi connectivity index (χ1v) is 7.45. The van der Waals surface area contributed by atoms with E-state index in [0.717, 1.165) is 35.0 Å². The maximum absolute atomic E-state index is 10.9. The molecule has 0 amide bonds. The third-order valence-corrected chi connectivity index (χ3v) is 3.40. The van der Waals surface area contributed by atoms with Crippen LogP contribution in [0, 0.1) is 0 Å². The molecular weight excluding hydrogens is 296 g/mol. The van der Waals surface area contributed by atoms with Crippen LogP contribution < -0.4 is 9.47 Å². The highest BCUT2D eigenvalue weighted by molar-refractivity contribution is 5.89. The molecule has 5 nitrogen and oxygen atoms in total. The van der Waals surface area contributed by atoms with Crippen LogP contribution in [0.4, 0.5) is 0 Å². The van der Waals surface area contributed by atoms with Gasteiger partial charge in [0.1, 0.15) is 37.4 Å². The van der Waals surface area contributed by atoms with Crippen LogP contribution in [-0.4, -0.2) is 38.5 Å². The van der Waals surface area contributed by atoms with Crippen LogP contribution in [0.25, 0.3) is 10.8 Å². The van der Waals surface area contributed by atoms with Gasteiger partial charge in [0.2, 0.25) is 0 Å². The number of rotatable bonds is 8. The Bertz CT molecular complexity index is 706. The maximum Gasteiger partial charge on any atom is 0.330 e. The molecule has 0 N–H and O–H groups in total. The van der Waals surface area contributed by atoms with Crippen molar-refractivity contribution < 1.29 is 23.7 Å². The SMILES string of the molecule is C=CC(=O)OCCOc1ccc2c(OCC3CO3)cccc2c1. The number of benzene rings is 2. The topological polar surface area (TPSA) is 57.3 Å². The van der Waals surface area contributed by atoms with Gasteiger partial charge < -0.3 is 18.9 Å². The predicted octanol–water partition coefficient (Wildman–Crippen LogP) is 2.73. The number of fused-ring (bicyclic) bond motifs is 1. The fourth-order valence-electron chi connectivity index (χ4n) is 2.16. The Morgan fingerprint density at radius 2 is 2.13 bits per heavy atom. The zero-order chi connectivity index (χ0) is 16.1. The molecule has 2 aromatic carbocycles. The van der Waals surface area contributed by atoms with Gasteiger partial charge in [0.15, 0.2) is 0 Å². The summed E-state index contributed by atoms with van der Waals surface area (Å²) in [4.78, 5) is 10.9. The van der Waals surface area contributed by atoms with Crippen molar-refractivity contribution in [3.63, 3.8) is 0 Å². The van der Waals surface area contributed by atoms with Crippen molar-refractivity contribution in [2.75, 3.05) is 26.4 Å². The van der Waals surface area contributed by atoms with E-state index in [1.54, 1.807) is 0 Å². The molecule has 1 aliphatic rings. The number of hydrogen-bond donors (Lipinski definition) is 0. The summed E-state index contributed by atoms with van der Waals surface area (Å²) in [6, 6.07) is 11.7. The Morgan fingerprint density at radius 1 is 1.26 bits per heavy atom. The van der Waals surface area contributed by atoms with Crippen molar-refractivity contribution in [2.45, 2.75) is 6.10 Å².